The molecule has 0 radical (unpaired) electrons. The third kappa shape index (κ3) is 3.74. The van der Waals surface area contributed by atoms with Crippen molar-refractivity contribution in [3.05, 3.63) is 32.0 Å². The van der Waals surface area contributed by atoms with Crippen LogP contribution in [0, 0.1) is 34.5 Å². The SMILES string of the molecule is CC1CCc2c(sc(NC(=O)C(=O)Nc3sc4c(c3C#N)CCC(C)C4)c2C#N)C1. The number of anilines is 2. The first-order valence-electron chi connectivity index (χ1n) is 10.1. The lowest BCUT2D eigenvalue weighted by Crippen LogP contribution is -2.29. The van der Waals surface area contributed by atoms with Crippen LogP contribution < -0.4 is 10.6 Å². The highest BCUT2D eigenvalue weighted by Crippen LogP contribution is 2.40. The Morgan fingerprint density at radius 2 is 1.23 bits per heavy atom. The average Bonchev–Trinajstić information content (AvgIpc) is 3.23. The number of thiophene rings is 2. The average molecular weight is 439 g/mol. The molecule has 2 unspecified atom stereocenters. The van der Waals surface area contributed by atoms with Gasteiger partial charge in [-0.3, -0.25) is 9.59 Å². The second-order valence-corrected chi connectivity index (χ2v) is 10.5. The Morgan fingerprint density at radius 3 is 1.60 bits per heavy atom. The van der Waals surface area contributed by atoms with Crippen molar-refractivity contribution in [1.82, 2.24) is 0 Å². The molecule has 0 fully saturated rings. The molecule has 0 aromatic carbocycles. The number of nitrogens with one attached hydrogen (secondary N) is 2. The normalized spacial score (nSPS) is 19.7. The minimum atomic E-state index is -0.818. The first-order chi connectivity index (χ1) is 14.4. The molecule has 2 aliphatic carbocycles. The van der Waals surface area contributed by atoms with Crippen LogP contribution in [0.15, 0.2) is 0 Å². The molecule has 2 aliphatic rings. The van der Waals surface area contributed by atoms with Gasteiger partial charge in [-0.1, -0.05) is 13.8 Å². The van der Waals surface area contributed by atoms with Gasteiger partial charge in [-0.25, -0.2) is 0 Å². The van der Waals surface area contributed by atoms with Crippen LogP contribution >= 0.6 is 22.7 Å². The summed E-state index contributed by atoms with van der Waals surface area (Å²) in [6, 6.07) is 4.38. The second-order valence-electron chi connectivity index (χ2n) is 8.24. The van der Waals surface area contributed by atoms with Gasteiger partial charge >= 0.3 is 11.8 Å². The van der Waals surface area contributed by atoms with Crippen LogP contribution in [0.3, 0.4) is 0 Å². The second kappa shape index (κ2) is 8.22. The van der Waals surface area contributed by atoms with E-state index in [1.54, 1.807) is 0 Å². The molecule has 2 atom stereocenters. The summed E-state index contributed by atoms with van der Waals surface area (Å²) < 4.78 is 0. The van der Waals surface area contributed by atoms with Crippen LogP contribution in [0.1, 0.15) is 58.7 Å². The smallest absolute Gasteiger partial charge is 0.308 e. The molecule has 8 heteroatoms. The summed E-state index contributed by atoms with van der Waals surface area (Å²) in [6.07, 6.45) is 5.46. The number of amides is 2. The van der Waals surface area contributed by atoms with Gasteiger partial charge in [0.05, 0.1) is 11.1 Å². The fraction of sp³-hybridized carbons (Fsp3) is 0.455. The summed E-state index contributed by atoms with van der Waals surface area (Å²) >= 11 is 2.78. The van der Waals surface area contributed by atoms with Crippen molar-refractivity contribution in [2.75, 3.05) is 10.6 Å². The maximum atomic E-state index is 12.6. The third-order valence-electron chi connectivity index (χ3n) is 5.91. The van der Waals surface area contributed by atoms with E-state index in [1.807, 2.05) is 0 Å². The molecule has 2 aromatic rings. The zero-order chi connectivity index (χ0) is 21.4. The van der Waals surface area contributed by atoms with Crippen LogP contribution in [-0.2, 0) is 35.3 Å². The summed E-state index contributed by atoms with van der Waals surface area (Å²) in [5, 5.41) is 25.3. The van der Waals surface area contributed by atoms with E-state index in [1.165, 1.54) is 22.7 Å². The number of hydrogen-bond donors (Lipinski definition) is 2. The van der Waals surface area contributed by atoms with E-state index in [4.69, 9.17) is 0 Å². The van der Waals surface area contributed by atoms with Gasteiger partial charge in [0.1, 0.15) is 22.1 Å². The molecule has 2 aromatic heterocycles. The van der Waals surface area contributed by atoms with E-state index < -0.39 is 11.8 Å². The third-order valence-corrected chi connectivity index (χ3v) is 8.25. The van der Waals surface area contributed by atoms with E-state index >= 15 is 0 Å². The lowest BCUT2D eigenvalue weighted by Gasteiger charge is -2.17. The Hall–Kier alpha value is -2.68. The van der Waals surface area contributed by atoms with Gasteiger partial charge in [-0.2, -0.15) is 10.5 Å². The van der Waals surface area contributed by atoms with Crippen molar-refractivity contribution < 1.29 is 9.59 Å². The molecule has 2 heterocycles. The molecular formula is C22H22N4O2S2. The van der Waals surface area contributed by atoms with Crippen molar-refractivity contribution >= 4 is 44.5 Å². The Balaban J connectivity index is 1.52. The summed E-state index contributed by atoms with van der Waals surface area (Å²) in [4.78, 5) is 27.3. The van der Waals surface area contributed by atoms with Crippen molar-refractivity contribution in [1.29, 1.82) is 10.5 Å². The summed E-state index contributed by atoms with van der Waals surface area (Å²) in [6.45, 7) is 4.35. The fourth-order valence-electron chi connectivity index (χ4n) is 4.23. The van der Waals surface area contributed by atoms with E-state index in [-0.39, 0.29) is 0 Å². The van der Waals surface area contributed by atoms with Gasteiger partial charge in [0.25, 0.3) is 0 Å². The van der Waals surface area contributed by atoms with Crippen LogP contribution in [0.5, 0.6) is 0 Å². The first kappa shape index (κ1) is 20.6. The van der Waals surface area contributed by atoms with Gasteiger partial charge in [-0.15, -0.1) is 22.7 Å². The molecule has 0 bridgehead atoms. The number of fused-ring (bicyclic) bond motifs is 2. The van der Waals surface area contributed by atoms with Crippen LogP contribution in [0.2, 0.25) is 0 Å². The van der Waals surface area contributed by atoms with Crippen LogP contribution in [-0.4, -0.2) is 11.8 Å². The van der Waals surface area contributed by atoms with Crippen molar-refractivity contribution in [3.63, 3.8) is 0 Å². The van der Waals surface area contributed by atoms with Gasteiger partial charge < -0.3 is 10.6 Å². The molecular weight excluding hydrogens is 416 g/mol. The molecule has 0 spiro atoms. The molecule has 30 heavy (non-hydrogen) atoms. The van der Waals surface area contributed by atoms with Crippen molar-refractivity contribution in [2.24, 2.45) is 11.8 Å². The number of nitriles is 2. The summed E-state index contributed by atoms with van der Waals surface area (Å²) in [5.74, 6) is -0.540. The standard InChI is InChI=1S/C22H22N4O2S2/c1-11-3-5-13-15(9-23)21(29-17(13)7-11)25-19(27)20(28)26-22-16(10-24)14-6-4-12(2)8-18(14)30-22/h11-12H,3-8H2,1-2H3,(H,25,27)(H,26,28). The minimum absolute atomic E-state index is 0.441. The molecule has 6 nitrogen and oxygen atoms in total. The molecule has 154 valence electrons. The van der Waals surface area contributed by atoms with E-state index in [0.29, 0.717) is 33.0 Å². The topological polar surface area (TPSA) is 106 Å². The first-order valence-corrected chi connectivity index (χ1v) is 11.8. The lowest BCUT2D eigenvalue weighted by atomic mass is 9.88. The Kier molecular flexibility index (Phi) is 5.64. The fourth-order valence-corrected chi connectivity index (χ4v) is 6.95. The van der Waals surface area contributed by atoms with Crippen molar-refractivity contribution in [2.45, 2.75) is 52.4 Å². The quantitative estimate of drug-likeness (QED) is 0.679. The molecule has 0 saturated heterocycles. The van der Waals surface area contributed by atoms with Gasteiger partial charge in [0, 0.05) is 9.75 Å². The highest BCUT2D eigenvalue weighted by molar-refractivity contribution is 7.17. The molecule has 2 amide bonds. The van der Waals surface area contributed by atoms with Crippen LogP contribution in [0.4, 0.5) is 10.0 Å². The zero-order valence-corrected chi connectivity index (χ0v) is 18.6. The maximum absolute atomic E-state index is 12.6. The number of hydrogen-bond acceptors (Lipinski definition) is 6. The molecule has 0 aliphatic heterocycles. The van der Waals surface area contributed by atoms with E-state index in [0.717, 1.165) is 59.4 Å². The monoisotopic (exact) mass is 438 g/mol. The Morgan fingerprint density at radius 1 is 0.833 bits per heavy atom. The van der Waals surface area contributed by atoms with E-state index in [9.17, 15) is 20.1 Å². The number of nitrogens with zero attached hydrogens (tertiary/aromatic N) is 2. The number of carbonyl (C=O) groups excluding carboxylic acids is 2. The maximum Gasteiger partial charge on any atom is 0.314 e. The zero-order valence-electron chi connectivity index (χ0n) is 16.9. The predicted octanol–water partition coefficient (Wildman–Crippen LogP) is 4.38. The van der Waals surface area contributed by atoms with Crippen LogP contribution in [0.25, 0.3) is 0 Å². The highest BCUT2D eigenvalue weighted by Gasteiger charge is 2.28. The molecule has 4 rings (SSSR count). The van der Waals surface area contributed by atoms with E-state index in [2.05, 4.69) is 36.6 Å². The molecule has 0 saturated carbocycles. The predicted molar refractivity (Wildman–Crippen MR) is 118 cm³/mol. The number of rotatable bonds is 2. The largest absolute Gasteiger partial charge is 0.314 e. The molecule has 2 N–H and O–H groups in total. The number of carbonyl (C=O) groups is 2. The Bertz CT molecular complexity index is 1030. The van der Waals surface area contributed by atoms with Gasteiger partial charge in [0.2, 0.25) is 0 Å². The minimum Gasteiger partial charge on any atom is -0.308 e. The highest BCUT2D eigenvalue weighted by atomic mass is 32.1. The Labute approximate surface area is 183 Å². The van der Waals surface area contributed by atoms with Gasteiger partial charge in [0.15, 0.2) is 0 Å². The van der Waals surface area contributed by atoms with Crippen molar-refractivity contribution in [3.8, 4) is 12.1 Å². The summed E-state index contributed by atoms with van der Waals surface area (Å²) in [7, 11) is 0. The van der Waals surface area contributed by atoms with Gasteiger partial charge in [-0.05, 0) is 61.5 Å². The lowest BCUT2D eigenvalue weighted by molar-refractivity contribution is -0.132. The summed E-state index contributed by atoms with van der Waals surface area (Å²) in [5.41, 5.74) is 2.95.